The van der Waals surface area contributed by atoms with Gasteiger partial charge in [0.15, 0.2) is 6.20 Å². The molecule has 0 bridgehead atoms. The first-order chi connectivity index (χ1) is 17.5. The normalized spacial score (nSPS) is 13.0. The molecule has 37 heavy (non-hydrogen) atoms. The Hall–Kier alpha value is -3.90. The molecule has 0 saturated carbocycles. The number of nitrogens with zero attached hydrogens (tertiary/aromatic N) is 2. The number of hydrogen-bond acceptors (Lipinski definition) is 1. The Kier molecular flexibility index (Phi) is 4.95. The summed E-state index contributed by atoms with van der Waals surface area (Å²) < 4.78 is 9.21. The highest BCUT2D eigenvalue weighted by atomic mass is 16.5. The van der Waals surface area contributed by atoms with Gasteiger partial charge in [-0.3, -0.25) is 0 Å². The van der Waals surface area contributed by atoms with E-state index >= 15 is 0 Å². The lowest BCUT2D eigenvalue weighted by molar-refractivity contribution is -0.659. The minimum absolute atomic E-state index is 0.100. The van der Waals surface area contributed by atoms with E-state index in [0.29, 0.717) is 0 Å². The highest BCUT2D eigenvalue weighted by Gasteiger charge is 2.36. The zero-order valence-electron chi connectivity index (χ0n) is 22.8. The summed E-state index contributed by atoms with van der Waals surface area (Å²) in [5, 5.41) is 7.27. The summed E-state index contributed by atoms with van der Waals surface area (Å²) in [6.07, 6.45) is 2.90. The second-order valence-electron chi connectivity index (χ2n) is 12.2. The van der Waals surface area contributed by atoms with E-state index in [1.807, 2.05) is 13.8 Å². The van der Waals surface area contributed by atoms with E-state index in [9.17, 15) is 0 Å². The molecule has 0 spiro atoms. The van der Waals surface area contributed by atoms with Gasteiger partial charge in [-0.25, -0.2) is 11.1 Å². The van der Waals surface area contributed by atoms with Gasteiger partial charge in [-0.1, -0.05) is 63.2 Å². The van der Waals surface area contributed by atoms with E-state index in [2.05, 4.69) is 105 Å². The van der Waals surface area contributed by atoms with Crippen molar-refractivity contribution in [2.75, 3.05) is 0 Å². The molecule has 0 unspecified atom stereocenters. The number of hydrogen-bond donors (Lipinski definition) is 0. The topological polar surface area (TPSA) is 17.5 Å². The molecule has 1 aromatic heterocycles. The fourth-order valence-electron chi connectivity index (χ4n) is 6.17. The van der Waals surface area contributed by atoms with Crippen LogP contribution in [0.25, 0.3) is 48.4 Å². The standard InChI is InChI=1S/C34H33N2O/c1-20-23-11-9-10-12-26(23)30(33(2,3)4)32-28(20)31-29-25(15-16-36(31)8)24-14-13-21(19-34(5,6)35-7)17-22(24)18-27(29)37-32/h9-18H,19H2,1-6,8H3/q+1. The molecule has 2 heterocycles. The van der Waals surface area contributed by atoms with Gasteiger partial charge in [0.1, 0.15) is 18.5 Å². The zero-order valence-corrected chi connectivity index (χ0v) is 22.8. The molecule has 5 aromatic rings. The Morgan fingerprint density at radius 1 is 0.892 bits per heavy atom. The van der Waals surface area contributed by atoms with Crippen LogP contribution >= 0.6 is 0 Å². The Bertz CT molecular complexity index is 1810. The van der Waals surface area contributed by atoms with E-state index in [0.717, 1.165) is 28.7 Å². The van der Waals surface area contributed by atoms with Crippen LogP contribution in [0, 0.1) is 13.5 Å². The Morgan fingerprint density at radius 2 is 1.62 bits per heavy atom. The molecule has 0 saturated heterocycles. The predicted octanol–water partition coefficient (Wildman–Crippen LogP) is 8.59. The van der Waals surface area contributed by atoms with Crippen LogP contribution in [0.5, 0.6) is 11.5 Å². The highest BCUT2D eigenvalue weighted by Crippen LogP contribution is 2.54. The quantitative estimate of drug-likeness (QED) is 0.136. The highest BCUT2D eigenvalue weighted by molar-refractivity contribution is 6.16. The van der Waals surface area contributed by atoms with Crippen molar-refractivity contribution in [3.05, 3.63) is 88.9 Å². The molecule has 1 aliphatic rings. The molecule has 3 nitrogen and oxygen atoms in total. The predicted molar refractivity (Wildman–Crippen MR) is 153 cm³/mol. The molecule has 0 radical (unpaired) electrons. The summed E-state index contributed by atoms with van der Waals surface area (Å²) in [6.45, 7) is 20.6. The van der Waals surface area contributed by atoms with Crippen molar-refractivity contribution in [2.45, 2.75) is 58.9 Å². The third-order valence-electron chi connectivity index (χ3n) is 7.83. The van der Waals surface area contributed by atoms with E-state index in [1.165, 1.54) is 49.5 Å². The van der Waals surface area contributed by atoms with Crippen molar-refractivity contribution in [2.24, 2.45) is 7.05 Å². The Labute approximate surface area is 219 Å². The van der Waals surface area contributed by atoms with Crippen LogP contribution in [0.2, 0.25) is 0 Å². The smallest absolute Gasteiger partial charge is 0.231 e. The van der Waals surface area contributed by atoms with E-state index in [-0.39, 0.29) is 5.41 Å². The van der Waals surface area contributed by atoms with E-state index in [1.54, 1.807) is 0 Å². The van der Waals surface area contributed by atoms with Gasteiger partial charge in [0.25, 0.3) is 0 Å². The van der Waals surface area contributed by atoms with Crippen LogP contribution in [0.4, 0.5) is 0 Å². The second-order valence-corrected chi connectivity index (χ2v) is 12.2. The maximum Gasteiger partial charge on any atom is 0.231 e. The maximum atomic E-state index is 7.56. The van der Waals surface area contributed by atoms with Gasteiger partial charge in [0.2, 0.25) is 11.2 Å². The molecule has 184 valence electrons. The van der Waals surface area contributed by atoms with Gasteiger partial charge in [0.05, 0.1) is 17.4 Å². The molecule has 3 heteroatoms. The third-order valence-corrected chi connectivity index (χ3v) is 7.83. The fraction of sp³-hybridized carbons (Fsp3) is 0.294. The molecule has 6 rings (SSSR count). The number of benzene rings is 4. The Morgan fingerprint density at radius 3 is 2.32 bits per heavy atom. The van der Waals surface area contributed by atoms with Crippen molar-refractivity contribution in [1.82, 2.24) is 0 Å². The van der Waals surface area contributed by atoms with Gasteiger partial charge >= 0.3 is 0 Å². The first-order valence-electron chi connectivity index (χ1n) is 13.0. The first kappa shape index (κ1) is 23.5. The van der Waals surface area contributed by atoms with Crippen molar-refractivity contribution < 1.29 is 9.30 Å². The van der Waals surface area contributed by atoms with Crippen LogP contribution in [0.3, 0.4) is 0 Å². The number of aromatic nitrogens is 1. The molecule has 0 amide bonds. The fourth-order valence-corrected chi connectivity index (χ4v) is 6.17. The lowest BCUT2D eigenvalue weighted by Gasteiger charge is -2.30. The lowest BCUT2D eigenvalue weighted by Crippen LogP contribution is -2.32. The second kappa shape index (κ2) is 7.80. The minimum Gasteiger partial charge on any atom is -0.455 e. The summed E-state index contributed by atoms with van der Waals surface area (Å²) in [5.41, 5.74) is 5.56. The zero-order chi connectivity index (χ0) is 26.3. The molecule has 0 atom stereocenters. The molecular formula is C34H33N2O+. The number of pyridine rings is 1. The van der Waals surface area contributed by atoms with Crippen LogP contribution in [-0.4, -0.2) is 5.54 Å². The van der Waals surface area contributed by atoms with Crippen LogP contribution < -0.4 is 9.30 Å². The Balaban J connectivity index is 1.72. The largest absolute Gasteiger partial charge is 0.455 e. The monoisotopic (exact) mass is 485 g/mol. The third kappa shape index (κ3) is 3.50. The van der Waals surface area contributed by atoms with Gasteiger partial charge < -0.3 is 9.58 Å². The SMILES string of the molecule is [C-]#[N+]C(C)(C)Cc1ccc2c(c1)cc1c3c([n+](C)ccc32)-c2c(c(C(C)(C)C)c3ccccc3c2C)O1. The van der Waals surface area contributed by atoms with Crippen LogP contribution in [-0.2, 0) is 18.9 Å². The van der Waals surface area contributed by atoms with Crippen molar-refractivity contribution in [3.8, 4) is 22.8 Å². The number of fused-ring (bicyclic) bond motifs is 5. The summed E-state index contributed by atoms with van der Waals surface area (Å²) in [6, 6.07) is 19.8. The van der Waals surface area contributed by atoms with Crippen LogP contribution in [0.1, 0.15) is 51.3 Å². The van der Waals surface area contributed by atoms with E-state index < -0.39 is 5.54 Å². The summed E-state index contributed by atoms with van der Waals surface area (Å²) in [7, 11) is 2.14. The van der Waals surface area contributed by atoms with Crippen molar-refractivity contribution >= 4 is 32.3 Å². The van der Waals surface area contributed by atoms with Crippen molar-refractivity contribution in [3.63, 3.8) is 0 Å². The number of aryl methyl sites for hydroxylation is 2. The molecular weight excluding hydrogens is 452 g/mol. The average Bonchev–Trinajstić information content (AvgIpc) is 2.84. The molecule has 0 fully saturated rings. The van der Waals surface area contributed by atoms with Gasteiger partial charge in [0, 0.05) is 30.9 Å². The average molecular weight is 486 g/mol. The van der Waals surface area contributed by atoms with Gasteiger partial charge in [-0.05, 0) is 51.1 Å². The first-order valence-corrected chi connectivity index (χ1v) is 13.0. The number of ether oxygens (including phenoxy) is 1. The van der Waals surface area contributed by atoms with E-state index in [4.69, 9.17) is 11.3 Å². The summed E-state index contributed by atoms with van der Waals surface area (Å²) >= 11 is 0. The number of rotatable bonds is 2. The summed E-state index contributed by atoms with van der Waals surface area (Å²) in [5.74, 6) is 1.88. The maximum absolute atomic E-state index is 7.56. The lowest BCUT2D eigenvalue weighted by atomic mass is 9.78. The summed E-state index contributed by atoms with van der Waals surface area (Å²) in [4.78, 5) is 3.82. The van der Waals surface area contributed by atoms with Gasteiger partial charge in [-0.15, -0.1) is 0 Å². The van der Waals surface area contributed by atoms with Crippen LogP contribution in [0.15, 0.2) is 60.8 Å². The minimum atomic E-state index is -0.421. The van der Waals surface area contributed by atoms with Crippen molar-refractivity contribution in [1.29, 1.82) is 0 Å². The molecule has 4 aromatic carbocycles. The van der Waals surface area contributed by atoms with Gasteiger partial charge in [-0.2, -0.15) is 0 Å². The molecule has 0 N–H and O–H groups in total. The molecule has 0 aliphatic carbocycles. The molecule has 1 aliphatic heterocycles.